The van der Waals surface area contributed by atoms with Crippen LogP contribution >= 0.6 is 0 Å². The van der Waals surface area contributed by atoms with Crippen LogP contribution in [-0.4, -0.2) is 57.3 Å². The minimum Gasteiger partial charge on any atom is -0.347 e. The van der Waals surface area contributed by atoms with Gasteiger partial charge in [-0.25, -0.2) is 4.98 Å². The van der Waals surface area contributed by atoms with Crippen LogP contribution in [0.25, 0.3) is 0 Å². The molecule has 0 unspecified atom stereocenters. The van der Waals surface area contributed by atoms with Crippen LogP contribution in [0.1, 0.15) is 19.7 Å². The fourth-order valence-electron chi connectivity index (χ4n) is 2.21. The van der Waals surface area contributed by atoms with Gasteiger partial charge in [-0.2, -0.15) is 5.10 Å². The van der Waals surface area contributed by atoms with Gasteiger partial charge >= 0.3 is 0 Å². The summed E-state index contributed by atoms with van der Waals surface area (Å²) in [6.45, 7) is 7.93. The van der Waals surface area contributed by atoms with E-state index in [-0.39, 0.29) is 5.91 Å². The predicted molar refractivity (Wildman–Crippen MR) is 71.4 cm³/mol. The molecule has 1 fully saturated rings. The van der Waals surface area contributed by atoms with Crippen LogP contribution in [0.5, 0.6) is 0 Å². The van der Waals surface area contributed by atoms with E-state index in [0.29, 0.717) is 12.4 Å². The van der Waals surface area contributed by atoms with Gasteiger partial charge in [-0.15, -0.1) is 0 Å². The maximum atomic E-state index is 12.3. The third-order valence-corrected chi connectivity index (χ3v) is 3.52. The van der Waals surface area contributed by atoms with E-state index in [9.17, 15) is 4.79 Å². The first kappa shape index (κ1) is 14.0. The van der Waals surface area contributed by atoms with E-state index in [1.807, 2.05) is 20.9 Å². The van der Waals surface area contributed by atoms with Gasteiger partial charge < -0.3 is 10.6 Å². The first-order valence-corrected chi connectivity index (χ1v) is 6.59. The standard InChI is InChI=1S/C12H22N6O/c1-12(2,18-6-4-13-5-7-18)11(19)14-8-10-15-9-17(3)16-10/h9,13H,4-8H2,1-3H3,(H,14,19). The molecule has 106 valence electrons. The van der Waals surface area contributed by atoms with Crippen LogP contribution in [-0.2, 0) is 18.4 Å². The summed E-state index contributed by atoms with van der Waals surface area (Å²) in [5.41, 5.74) is -0.503. The van der Waals surface area contributed by atoms with Crippen molar-refractivity contribution in [1.29, 1.82) is 0 Å². The Kier molecular flexibility index (Phi) is 4.16. The zero-order valence-corrected chi connectivity index (χ0v) is 11.8. The molecule has 0 saturated carbocycles. The second kappa shape index (κ2) is 5.66. The molecule has 1 aromatic heterocycles. The zero-order chi connectivity index (χ0) is 13.9. The number of amides is 1. The lowest BCUT2D eigenvalue weighted by Gasteiger charge is -2.39. The lowest BCUT2D eigenvalue weighted by Crippen LogP contribution is -2.59. The zero-order valence-electron chi connectivity index (χ0n) is 11.8. The van der Waals surface area contributed by atoms with E-state index < -0.39 is 5.54 Å². The van der Waals surface area contributed by atoms with E-state index in [0.717, 1.165) is 26.2 Å². The van der Waals surface area contributed by atoms with Crippen LogP contribution in [0.4, 0.5) is 0 Å². The highest BCUT2D eigenvalue weighted by Crippen LogP contribution is 2.15. The molecule has 1 aliphatic rings. The summed E-state index contributed by atoms with van der Waals surface area (Å²) < 4.78 is 1.63. The number of piperazine rings is 1. The summed E-state index contributed by atoms with van der Waals surface area (Å²) in [5, 5.41) is 10.3. The number of carbonyl (C=O) groups is 1. The van der Waals surface area contributed by atoms with Crippen LogP contribution in [0.3, 0.4) is 0 Å². The van der Waals surface area contributed by atoms with Crippen molar-refractivity contribution >= 4 is 5.91 Å². The maximum absolute atomic E-state index is 12.3. The minimum atomic E-state index is -0.503. The monoisotopic (exact) mass is 266 g/mol. The molecule has 7 nitrogen and oxygen atoms in total. The molecular weight excluding hydrogens is 244 g/mol. The van der Waals surface area contributed by atoms with Gasteiger partial charge in [0.25, 0.3) is 0 Å². The normalized spacial score (nSPS) is 17.4. The average molecular weight is 266 g/mol. The van der Waals surface area contributed by atoms with E-state index in [1.54, 1.807) is 11.0 Å². The fourth-order valence-corrected chi connectivity index (χ4v) is 2.21. The van der Waals surface area contributed by atoms with Gasteiger partial charge in [0, 0.05) is 33.2 Å². The average Bonchev–Trinajstić information content (AvgIpc) is 2.82. The van der Waals surface area contributed by atoms with Gasteiger partial charge in [-0.1, -0.05) is 0 Å². The highest BCUT2D eigenvalue weighted by Gasteiger charge is 2.34. The summed E-state index contributed by atoms with van der Waals surface area (Å²) >= 11 is 0. The third-order valence-electron chi connectivity index (χ3n) is 3.52. The Morgan fingerprint density at radius 1 is 1.47 bits per heavy atom. The number of rotatable bonds is 4. The van der Waals surface area contributed by atoms with Gasteiger partial charge in [0.1, 0.15) is 6.33 Å². The second-order valence-corrected chi connectivity index (χ2v) is 5.31. The van der Waals surface area contributed by atoms with E-state index in [1.165, 1.54) is 0 Å². The van der Waals surface area contributed by atoms with Crippen molar-refractivity contribution in [2.24, 2.45) is 7.05 Å². The molecule has 1 saturated heterocycles. The van der Waals surface area contributed by atoms with Crippen molar-refractivity contribution in [3.63, 3.8) is 0 Å². The summed E-state index contributed by atoms with van der Waals surface area (Å²) in [5.74, 6) is 0.647. The number of hydrogen-bond acceptors (Lipinski definition) is 5. The Morgan fingerprint density at radius 3 is 2.74 bits per heavy atom. The minimum absolute atomic E-state index is 0.0156. The first-order valence-electron chi connectivity index (χ1n) is 6.59. The number of aryl methyl sites for hydroxylation is 1. The van der Waals surface area contributed by atoms with Crippen molar-refractivity contribution in [3.8, 4) is 0 Å². The molecule has 1 aromatic rings. The van der Waals surface area contributed by atoms with Crippen molar-refractivity contribution in [2.75, 3.05) is 26.2 Å². The van der Waals surface area contributed by atoms with Crippen LogP contribution in [0.2, 0.25) is 0 Å². The quantitative estimate of drug-likeness (QED) is 0.740. The molecule has 0 spiro atoms. The van der Waals surface area contributed by atoms with Crippen molar-refractivity contribution in [3.05, 3.63) is 12.2 Å². The SMILES string of the molecule is Cn1cnc(CNC(=O)C(C)(C)N2CCNCC2)n1. The number of carbonyl (C=O) groups excluding carboxylic acids is 1. The molecule has 0 aromatic carbocycles. The molecule has 1 aliphatic heterocycles. The van der Waals surface area contributed by atoms with E-state index in [2.05, 4.69) is 25.6 Å². The number of hydrogen-bond donors (Lipinski definition) is 2. The van der Waals surface area contributed by atoms with E-state index in [4.69, 9.17) is 0 Å². The number of nitrogens with one attached hydrogen (secondary N) is 2. The van der Waals surface area contributed by atoms with Gasteiger partial charge in [0.05, 0.1) is 12.1 Å². The summed E-state index contributed by atoms with van der Waals surface area (Å²) in [4.78, 5) is 18.6. The molecular formula is C12H22N6O. The largest absolute Gasteiger partial charge is 0.347 e. The molecule has 2 N–H and O–H groups in total. The third kappa shape index (κ3) is 3.30. The Balaban J connectivity index is 1.90. The molecule has 19 heavy (non-hydrogen) atoms. The molecule has 7 heteroatoms. The molecule has 2 heterocycles. The second-order valence-electron chi connectivity index (χ2n) is 5.31. The fraction of sp³-hybridized carbons (Fsp3) is 0.750. The maximum Gasteiger partial charge on any atom is 0.240 e. The lowest BCUT2D eigenvalue weighted by atomic mass is 10.0. The van der Waals surface area contributed by atoms with Gasteiger partial charge in [0.2, 0.25) is 5.91 Å². The van der Waals surface area contributed by atoms with Gasteiger partial charge in [-0.3, -0.25) is 14.4 Å². The van der Waals surface area contributed by atoms with Crippen molar-refractivity contribution in [2.45, 2.75) is 25.9 Å². The molecule has 0 aliphatic carbocycles. The first-order chi connectivity index (χ1) is 9.00. The predicted octanol–water partition coefficient (Wildman–Crippen LogP) is -0.885. The Labute approximate surface area is 113 Å². The van der Waals surface area contributed by atoms with Gasteiger partial charge in [-0.05, 0) is 13.8 Å². The van der Waals surface area contributed by atoms with Crippen LogP contribution in [0, 0.1) is 0 Å². The molecule has 1 amide bonds. The van der Waals surface area contributed by atoms with Crippen LogP contribution < -0.4 is 10.6 Å². The number of aromatic nitrogens is 3. The van der Waals surface area contributed by atoms with Crippen molar-refractivity contribution in [1.82, 2.24) is 30.3 Å². The Bertz CT molecular complexity index is 435. The summed E-state index contributed by atoms with van der Waals surface area (Å²) in [6, 6.07) is 0. The van der Waals surface area contributed by atoms with E-state index >= 15 is 0 Å². The summed E-state index contributed by atoms with van der Waals surface area (Å²) in [6.07, 6.45) is 1.63. The smallest absolute Gasteiger partial charge is 0.240 e. The Hall–Kier alpha value is -1.47. The molecule has 0 atom stereocenters. The topological polar surface area (TPSA) is 75.1 Å². The lowest BCUT2D eigenvalue weighted by molar-refractivity contribution is -0.132. The summed E-state index contributed by atoms with van der Waals surface area (Å²) in [7, 11) is 1.81. The van der Waals surface area contributed by atoms with Crippen molar-refractivity contribution < 1.29 is 4.79 Å². The highest BCUT2D eigenvalue weighted by molar-refractivity contribution is 5.85. The highest BCUT2D eigenvalue weighted by atomic mass is 16.2. The molecule has 0 bridgehead atoms. The number of nitrogens with zero attached hydrogens (tertiary/aromatic N) is 4. The molecule has 2 rings (SSSR count). The Morgan fingerprint density at radius 2 is 2.16 bits per heavy atom. The van der Waals surface area contributed by atoms with Crippen LogP contribution in [0.15, 0.2) is 6.33 Å². The molecule has 0 radical (unpaired) electrons. The van der Waals surface area contributed by atoms with Gasteiger partial charge in [0.15, 0.2) is 5.82 Å².